The van der Waals surface area contributed by atoms with E-state index < -0.39 is 22.2 Å². The van der Waals surface area contributed by atoms with Gasteiger partial charge in [0.1, 0.15) is 6.04 Å². The van der Waals surface area contributed by atoms with Crippen LogP contribution in [-0.4, -0.2) is 60.6 Å². The number of sulfonamides is 1. The maximum Gasteiger partial charge on any atom is 0.241 e. The van der Waals surface area contributed by atoms with Crippen molar-refractivity contribution in [2.75, 3.05) is 25.9 Å². The van der Waals surface area contributed by atoms with Crippen LogP contribution in [0.5, 0.6) is 0 Å². The number of piperidine rings is 2. The van der Waals surface area contributed by atoms with Gasteiger partial charge in [0.15, 0.2) is 0 Å². The highest BCUT2D eigenvalue weighted by atomic mass is 32.2. The van der Waals surface area contributed by atoms with Crippen LogP contribution in [0.3, 0.4) is 0 Å². The van der Waals surface area contributed by atoms with Crippen molar-refractivity contribution in [1.82, 2.24) is 9.21 Å². The van der Waals surface area contributed by atoms with E-state index in [1.807, 2.05) is 30.3 Å². The number of rotatable bonds is 4. The zero-order valence-corrected chi connectivity index (χ0v) is 16.1. The third-order valence-corrected chi connectivity index (χ3v) is 6.89. The molecular weight excluding hydrogens is 352 g/mol. The van der Waals surface area contributed by atoms with Crippen molar-refractivity contribution >= 4 is 15.9 Å². The first-order valence-electron chi connectivity index (χ1n) is 9.36. The van der Waals surface area contributed by atoms with E-state index in [1.54, 1.807) is 4.90 Å². The van der Waals surface area contributed by atoms with Crippen molar-refractivity contribution in [3.8, 4) is 0 Å². The second-order valence-electron chi connectivity index (χ2n) is 7.40. The van der Waals surface area contributed by atoms with Crippen LogP contribution in [0.25, 0.3) is 0 Å². The van der Waals surface area contributed by atoms with E-state index in [1.165, 1.54) is 10.6 Å². The van der Waals surface area contributed by atoms with Crippen molar-refractivity contribution in [2.45, 2.75) is 44.2 Å². The topological polar surface area (TPSA) is 77.9 Å². The molecule has 2 saturated heterocycles. The zero-order valence-electron chi connectivity index (χ0n) is 15.3. The largest absolute Gasteiger partial charge is 0.388 e. The van der Waals surface area contributed by atoms with Crippen molar-refractivity contribution < 1.29 is 18.3 Å². The first-order chi connectivity index (χ1) is 12.4. The number of hydrogen-bond acceptors (Lipinski definition) is 4. The Bertz CT molecular complexity index is 714. The third kappa shape index (κ3) is 4.27. The monoisotopic (exact) mass is 380 g/mol. The van der Waals surface area contributed by atoms with Gasteiger partial charge in [-0.3, -0.25) is 4.79 Å². The average Bonchev–Trinajstić information content (AvgIpc) is 2.67. The molecule has 0 aliphatic carbocycles. The average molecular weight is 381 g/mol. The summed E-state index contributed by atoms with van der Waals surface area (Å²) in [5.74, 6) is 0.0431. The van der Waals surface area contributed by atoms with Gasteiger partial charge in [0.2, 0.25) is 15.9 Å². The predicted molar refractivity (Wildman–Crippen MR) is 99.9 cm³/mol. The zero-order chi connectivity index (χ0) is 18.7. The Morgan fingerprint density at radius 3 is 2.35 bits per heavy atom. The van der Waals surface area contributed by atoms with Gasteiger partial charge in [-0.1, -0.05) is 36.8 Å². The molecule has 2 aliphatic rings. The van der Waals surface area contributed by atoms with Gasteiger partial charge >= 0.3 is 0 Å². The van der Waals surface area contributed by atoms with E-state index in [4.69, 9.17) is 0 Å². The van der Waals surface area contributed by atoms with Gasteiger partial charge in [0.05, 0.1) is 12.4 Å². The number of aliphatic hydroxyl groups excluding tert-OH is 1. The van der Waals surface area contributed by atoms with Crippen molar-refractivity contribution in [3.63, 3.8) is 0 Å². The SMILES string of the molecule is CS(=O)(=O)N1CCCCC1C(=O)N1CCC(C(O)c2ccccc2)CC1. The van der Waals surface area contributed by atoms with E-state index in [0.29, 0.717) is 26.1 Å². The highest BCUT2D eigenvalue weighted by Crippen LogP contribution is 2.31. The van der Waals surface area contributed by atoms with Gasteiger partial charge < -0.3 is 10.0 Å². The van der Waals surface area contributed by atoms with E-state index in [9.17, 15) is 18.3 Å². The molecule has 2 fully saturated rings. The summed E-state index contributed by atoms with van der Waals surface area (Å²) in [6, 6.07) is 9.05. The van der Waals surface area contributed by atoms with E-state index in [-0.39, 0.29) is 11.8 Å². The first-order valence-corrected chi connectivity index (χ1v) is 11.2. The molecule has 0 aromatic heterocycles. The molecule has 2 unspecified atom stereocenters. The summed E-state index contributed by atoms with van der Waals surface area (Å²) in [6.07, 6.45) is 4.41. The van der Waals surface area contributed by atoms with Crippen LogP contribution < -0.4 is 0 Å². The van der Waals surface area contributed by atoms with Crippen molar-refractivity contribution in [2.24, 2.45) is 5.92 Å². The quantitative estimate of drug-likeness (QED) is 0.864. The number of carbonyl (C=O) groups is 1. The van der Waals surface area contributed by atoms with Crippen LogP contribution in [-0.2, 0) is 14.8 Å². The van der Waals surface area contributed by atoms with Gasteiger partial charge in [0, 0.05) is 19.6 Å². The Labute approximate surface area is 155 Å². The van der Waals surface area contributed by atoms with Crippen LogP contribution in [0.2, 0.25) is 0 Å². The minimum Gasteiger partial charge on any atom is -0.388 e. The molecule has 3 rings (SSSR count). The van der Waals surface area contributed by atoms with Crippen LogP contribution in [0.4, 0.5) is 0 Å². The molecule has 6 nitrogen and oxygen atoms in total. The summed E-state index contributed by atoms with van der Waals surface area (Å²) in [7, 11) is -3.37. The van der Waals surface area contributed by atoms with Gasteiger partial charge in [-0.25, -0.2) is 8.42 Å². The second kappa shape index (κ2) is 8.06. The molecule has 0 bridgehead atoms. The lowest BCUT2D eigenvalue weighted by Crippen LogP contribution is -2.54. The lowest BCUT2D eigenvalue weighted by Gasteiger charge is -2.39. The fourth-order valence-corrected chi connectivity index (χ4v) is 5.24. The number of likely N-dealkylation sites (tertiary alicyclic amines) is 1. The molecule has 2 aliphatic heterocycles. The molecule has 0 radical (unpaired) electrons. The number of benzene rings is 1. The number of nitrogens with zero attached hydrogens (tertiary/aromatic N) is 2. The Balaban J connectivity index is 1.61. The normalized spacial score (nSPS) is 24.4. The molecule has 7 heteroatoms. The van der Waals surface area contributed by atoms with E-state index >= 15 is 0 Å². The highest BCUT2D eigenvalue weighted by Gasteiger charge is 2.38. The molecule has 1 N–H and O–H groups in total. The molecule has 1 aromatic carbocycles. The maximum atomic E-state index is 12.9. The third-order valence-electron chi connectivity index (χ3n) is 5.60. The molecule has 0 saturated carbocycles. The predicted octanol–water partition coefficient (Wildman–Crippen LogP) is 1.77. The fourth-order valence-electron chi connectivity index (χ4n) is 4.12. The highest BCUT2D eigenvalue weighted by molar-refractivity contribution is 7.88. The summed E-state index contributed by atoms with van der Waals surface area (Å²) < 4.78 is 25.4. The van der Waals surface area contributed by atoms with Crippen LogP contribution >= 0.6 is 0 Å². The molecule has 0 spiro atoms. The van der Waals surface area contributed by atoms with E-state index in [0.717, 1.165) is 31.2 Å². The second-order valence-corrected chi connectivity index (χ2v) is 9.34. The van der Waals surface area contributed by atoms with Crippen molar-refractivity contribution in [1.29, 1.82) is 0 Å². The molecular formula is C19H28N2O4S. The Hall–Kier alpha value is -1.44. The number of amides is 1. The van der Waals surface area contributed by atoms with Crippen LogP contribution in [0.15, 0.2) is 30.3 Å². The molecule has 2 atom stereocenters. The van der Waals surface area contributed by atoms with Gasteiger partial charge in [-0.2, -0.15) is 4.31 Å². The lowest BCUT2D eigenvalue weighted by molar-refractivity contribution is -0.138. The van der Waals surface area contributed by atoms with E-state index in [2.05, 4.69) is 0 Å². The number of aliphatic hydroxyl groups is 1. The molecule has 144 valence electrons. The molecule has 1 aromatic rings. The smallest absolute Gasteiger partial charge is 0.241 e. The van der Waals surface area contributed by atoms with Crippen LogP contribution in [0, 0.1) is 5.92 Å². The van der Waals surface area contributed by atoms with Gasteiger partial charge in [-0.15, -0.1) is 0 Å². The Morgan fingerprint density at radius 1 is 1.08 bits per heavy atom. The molecule has 1 amide bonds. The summed E-state index contributed by atoms with van der Waals surface area (Å²) in [6.45, 7) is 1.57. The summed E-state index contributed by atoms with van der Waals surface area (Å²) in [4.78, 5) is 14.7. The van der Waals surface area contributed by atoms with Gasteiger partial charge in [0.25, 0.3) is 0 Å². The number of hydrogen-bond donors (Lipinski definition) is 1. The summed E-state index contributed by atoms with van der Waals surface area (Å²) in [5, 5.41) is 10.6. The van der Waals surface area contributed by atoms with Crippen LogP contribution in [0.1, 0.15) is 43.8 Å². The summed E-state index contributed by atoms with van der Waals surface area (Å²) in [5.41, 5.74) is 0.910. The number of carbonyl (C=O) groups excluding carboxylic acids is 1. The Kier molecular flexibility index (Phi) is 5.99. The molecule has 26 heavy (non-hydrogen) atoms. The van der Waals surface area contributed by atoms with Gasteiger partial charge in [-0.05, 0) is 37.2 Å². The first kappa shape index (κ1) is 19.3. The molecule has 2 heterocycles. The summed E-state index contributed by atoms with van der Waals surface area (Å²) >= 11 is 0. The standard InChI is InChI=1S/C19H28N2O4S/c1-26(24,25)21-12-6-5-9-17(21)19(23)20-13-10-16(11-14-20)18(22)15-7-3-2-4-8-15/h2-4,7-8,16-18,22H,5-6,9-14H2,1H3. The fraction of sp³-hybridized carbons (Fsp3) is 0.632. The lowest BCUT2D eigenvalue weighted by atomic mass is 9.87. The minimum absolute atomic E-state index is 0.0808. The Morgan fingerprint density at radius 2 is 1.73 bits per heavy atom. The maximum absolute atomic E-state index is 12.9. The van der Waals surface area contributed by atoms with Crippen molar-refractivity contribution in [3.05, 3.63) is 35.9 Å². The minimum atomic E-state index is -3.37.